The van der Waals surface area contributed by atoms with Crippen molar-refractivity contribution in [2.75, 3.05) is 0 Å². The zero-order valence-corrected chi connectivity index (χ0v) is 17.5. The third-order valence-corrected chi connectivity index (χ3v) is 4.00. The summed E-state index contributed by atoms with van der Waals surface area (Å²) in [6.07, 6.45) is 3.44. The summed E-state index contributed by atoms with van der Waals surface area (Å²) in [5, 5.41) is 9.21. The zero-order valence-electron chi connectivity index (χ0n) is 14.4. The van der Waals surface area contributed by atoms with Gasteiger partial charge in [0.1, 0.15) is 5.75 Å². The van der Waals surface area contributed by atoms with Crippen molar-refractivity contribution in [3.8, 4) is 5.75 Å². The Hall–Kier alpha value is -0.206. The van der Waals surface area contributed by atoms with E-state index in [2.05, 4.69) is 40.7 Å². The predicted molar refractivity (Wildman–Crippen MR) is 82.2 cm³/mol. The van der Waals surface area contributed by atoms with E-state index < -0.39 is 0 Å². The van der Waals surface area contributed by atoms with Crippen molar-refractivity contribution in [3.05, 3.63) is 52.1 Å². The molecule has 0 unspecified atom stereocenters. The Morgan fingerprint density at radius 1 is 0.909 bits per heavy atom. The molecule has 0 spiro atoms. The van der Waals surface area contributed by atoms with Crippen molar-refractivity contribution in [1.82, 2.24) is 0 Å². The maximum absolute atomic E-state index is 9.21. The van der Waals surface area contributed by atoms with E-state index in [9.17, 15) is 5.11 Å². The fourth-order valence-corrected chi connectivity index (χ4v) is 2.21. The average Bonchev–Trinajstić information content (AvgIpc) is 2.50. The van der Waals surface area contributed by atoms with Crippen LogP contribution in [0.4, 0.5) is 0 Å². The molecule has 0 aromatic heterocycles. The van der Waals surface area contributed by atoms with Crippen molar-refractivity contribution in [1.29, 1.82) is 0 Å². The Morgan fingerprint density at radius 3 is 1.50 bits per heavy atom. The number of phenols is 1. The number of benzene rings is 1. The molecule has 121 valence electrons. The van der Waals surface area contributed by atoms with Crippen LogP contribution in [-0.4, -0.2) is 5.11 Å². The van der Waals surface area contributed by atoms with Crippen LogP contribution in [-0.2, 0) is 21.7 Å². The summed E-state index contributed by atoms with van der Waals surface area (Å²) in [7, 11) is 0. The van der Waals surface area contributed by atoms with Crippen molar-refractivity contribution < 1.29 is 51.6 Å². The Bertz CT molecular complexity index is 526. The van der Waals surface area contributed by atoms with Gasteiger partial charge in [0, 0.05) is 0 Å². The van der Waals surface area contributed by atoms with Crippen LogP contribution >= 0.6 is 0 Å². The SMILES string of the molecule is CC1=[C-]C(C)(C)C(C)=C1C.Cc1cccc(C)c1O.[Cl-].[Cl-].[Ti+3]. The minimum Gasteiger partial charge on any atom is -1.00 e. The molecule has 0 aliphatic heterocycles. The van der Waals surface area contributed by atoms with Crippen LogP contribution in [0, 0.1) is 25.3 Å². The Kier molecular flexibility index (Phi) is 12.8. The van der Waals surface area contributed by atoms with Crippen LogP contribution < -0.4 is 24.8 Å². The van der Waals surface area contributed by atoms with Crippen LogP contribution in [0.15, 0.2) is 34.9 Å². The van der Waals surface area contributed by atoms with E-state index in [-0.39, 0.29) is 51.9 Å². The maximum atomic E-state index is 9.21. The van der Waals surface area contributed by atoms with Crippen LogP contribution in [0.2, 0.25) is 0 Å². The van der Waals surface area contributed by atoms with Crippen molar-refractivity contribution >= 4 is 0 Å². The van der Waals surface area contributed by atoms with Gasteiger partial charge in [0.25, 0.3) is 0 Å². The van der Waals surface area contributed by atoms with E-state index in [0.717, 1.165) is 11.1 Å². The molecule has 0 bridgehead atoms. The number of hydrogen-bond donors (Lipinski definition) is 1. The van der Waals surface area contributed by atoms with E-state index in [1.54, 1.807) is 0 Å². The number of allylic oxidation sites excluding steroid dienone is 4. The third-order valence-electron chi connectivity index (χ3n) is 4.00. The largest absolute Gasteiger partial charge is 3.00 e. The minimum atomic E-state index is 0. The first-order chi connectivity index (χ1) is 8.66. The molecule has 1 aromatic carbocycles. The summed E-state index contributed by atoms with van der Waals surface area (Å²) in [5.74, 6) is 0.414. The Morgan fingerprint density at radius 2 is 1.32 bits per heavy atom. The van der Waals surface area contributed by atoms with E-state index in [1.807, 2.05) is 32.0 Å². The molecule has 1 aliphatic rings. The van der Waals surface area contributed by atoms with Crippen molar-refractivity contribution in [2.45, 2.75) is 48.5 Å². The number of halogens is 2. The first-order valence-electron chi connectivity index (χ1n) is 6.72. The molecule has 0 saturated heterocycles. The van der Waals surface area contributed by atoms with Gasteiger partial charge in [-0.3, -0.25) is 6.08 Å². The molecule has 1 aliphatic carbocycles. The molecule has 2 rings (SSSR count). The van der Waals surface area contributed by atoms with E-state index in [0.29, 0.717) is 5.75 Å². The van der Waals surface area contributed by atoms with Gasteiger partial charge < -0.3 is 29.9 Å². The van der Waals surface area contributed by atoms with E-state index in [1.165, 1.54) is 16.7 Å². The number of para-hydroxylation sites is 1. The molecule has 1 radical (unpaired) electrons. The monoisotopic (exact) mass is 375 g/mol. The molecule has 0 saturated carbocycles. The maximum Gasteiger partial charge on any atom is 3.00 e. The first kappa shape index (κ1) is 26.7. The van der Waals surface area contributed by atoms with Gasteiger partial charge in [-0.05, 0) is 25.0 Å². The summed E-state index contributed by atoms with van der Waals surface area (Å²) < 4.78 is 0. The Labute approximate surface area is 163 Å². The van der Waals surface area contributed by atoms with Gasteiger partial charge in [-0.1, -0.05) is 51.3 Å². The molecule has 1 aromatic rings. The van der Waals surface area contributed by atoms with E-state index >= 15 is 0 Å². The smallest absolute Gasteiger partial charge is 1.00 e. The van der Waals surface area contributed by atoms with Crippen molar-refractivity contribution in [2.24, 2.45) is 5.41 Å². The molecule has 22 heavy (non-hydrogen) atoms. The molecule has 0 atom stereocenters. The molecule has 0 amide bonds. The molecular weight excluding hydrogens is 351 g/mol. The molecule has 0 heterocycles. The third kappa shape index (κ3) is 6.50. The van der Waals surface area contributed by atoms with Gasteiger partial charge in [-0.15, -0.1) is 6.92 Å². The summed E-state index contributed by atoms with van der Waals surface area (Å²) >= 11 is 0. The first-order valence-corrected chi connectivity index (χ1v) is 6.72. The van der Waals surface area contributed by atoms with E-state index in [4.69, 9.17) is 0 Å². The molecular formula is C18H25Cl2OTi. The van der Waals surface area contributed by atoms with Gasteiger partial charge in [0.2, 0.25) is 0 Å². The van der Waals surface area contributed by atoms with Gasteiger partial charge >= 0.3 is 21.7 Å². The fraction of sp³-hybridized carbons (Fsp3) is 0.444. The summed E-state index contributed by atoms with van der Waals surface area (Å²) in [5.41, 5.74) is 6.27. The second-order valence-electron chi connectivity index (χ2n) is 5.87. The Balaban J connectivity index is -0.000000290. The number of aryl methyl sites for hydroxylation is 2. The fourth-order valence-electron chi connectivity index (χ4n) is 2.21. The number of aromatic hydroxyl groups is 1. The van der Waals surface area contributed by atoms with Gasteiger partial charge in [-0.2, -0.15) is 11.1 Å². The molecule has 1 nitrogen and oxygen atoms in total. The van der Waals surface area contributed by atoms with Crippen LogP contribution in [0.5, 0.6) is 5.75 Å². The predicted octanol–water partition coefficient (Wildman–Crippen LogP) is -0.873. The van der Waals surface area contributed by atoms with Crippen LogP contribution in [0.3, 0.4) is 0 Å². The quantitative estimate of drug-likeness (QED) is 0.461. The van der Waals surface area contributed by atoms with Crippen molar-refractivity contribution in [3.63, 3.8) is 0 Å². The van der Waals surface area contributed by atoms with Gasteiger partial charge in [0.05, 0.1) is 0 Å². The number of hydrogen-bond acceptors (Lipinski definition) is 1. The number of phenolic OH excluding ortho intramolecular Hbond substituents is 1. The number of rotatable bonds is 0. The normalized spacial score (nSPS) is 14.6. The van der Waals surface area contributed by atoms with Gasteiger partial charge in [0.15, 0.2) is 0 Å². The standard InChI is InChI=1S/C10H15.C8H10O.2ClH.Ti/c1-7-6-10(4,5)9(3)8(7)2;1-6-4-3-5-7(2)8(6)9;;;/h1-5H3;3-5,9H,1-2H3;2*1H;/q-1;;;;+3/p-2. The molecule has 4 heteroatoms. The van der Waals surface area contributed by atoms with Crippen LogP contribution in [0.25, 0.3) is 0 Å². The molecule has 0 fully saturated rings. The van der Waals surface area contributed by atoms with Gasteiger partial charge in [-0.25, -0.2) is 5.57 Å². The summed E-state index contributed by atoms with van der Waals surface area (Å²) in [6.45, 7) is 14.7. The second kappa shape index (κ2) is 10.5. The summed E-state index contributed by atoms with van der Waals surface area (Å²) in [6, 6.07) is 5.72. The minimum absolute atomic E-state index is 0. The van der Waals surface area contributed by atoms with Crippen LogP contribution in [0.1, 0.15) is 45.7 Å². The summed E-state index contributed by atoms with van der Waals surface area (Å²) in [4.78, 5) is 0. The average molecular weight is 376 g/mol. The topological polar surface area (TPSA) is 20.2 Å². The zero-order chi connectivity index (χ0) is 14.8. The molecule has 1 N–H and O–H groups in total. The second-order valence-corrected chi connectivity index (χ2v) is 5.87.